The van der Waals surface area contributed by atoms with Gasteiger partial charge in [0, 0.05) is 6.42 Å². The SMILES string of the molecule is CC(C)(C)[Si](C)(C)OC[C@H]1O[C@@H](n2cnc3c(=O)[nH]c(N)nc32)C[C@H]1O[Si](C)(C)C(C)(C)C. The average Bonchev–Trinajstić information content (AvgIpc) is 3.21. The molecule has 9 nitrogen and oxygen atoms in total. The van der Waals surface area contributed by atoms with Crippen molar-refractivity contribution in [3.05, 3.63) is 16.7 Å². The summed E-state index contributed by atoms with van der Waals surface area (Å²) in [7, 11) is -4.01. The standard InChI is InChI=1S/C22H41N5O4Si2/c1-21(2,3)32(7,8)29-12-15-14(31-33(9,10)22(4,5)6)11-16(30-15)27-13-24-17-18(27)25-20(23)26-19(17)28/h13-16H,11-12H2,1-10H3,(H3,23,25,26,28)/t14-,15-,16-/m1/s1. The molecule has 2 aromatic rings. The number of aromatic nitrogens is 4. The molecular formula is C22H41N5O4Si2. The number of H-pyrrole nitrogens is 1. The van der Waals surface area contributed by atoms with Gasteiger partial charge < -0.3 is 19.3 Å². The number of aromatic amines is 1. The molecule has 0 amide bonds. The van der Waals surface area contributed by atoms with E-state index in [1.54, 1.807) is 10.9 Å². The number of fused-ring (bicyclic) bond motifs is 1. The first-order chi connectivity index (χ1) is 14.9. The summed E-state index contributed by atoms with van der Waals surface area (Å²) in [6, 6.07) is 0. The number of hydrogen-bond donors (Lipinski definition) is 2. The maximum Gasteiger partial charge on any atom is 0.280 e. The van der Waals surface area contributed by atoms with Crippen molar-refractivity contribution >= 4 is 33.7 Å². The summed E-state index contributed by atoms with van der Waals surface area (Å²) in [5.41, 5.74) is 6.09. The number of rotatable bonds is 6. The van der Waals surface area contributed by atoms with Crippen LogP contribution in [0.1, 0.15) is 54.2 Å². The van der Waals surface area contributed by atoms with Crippen LogP contribution in [-0.2, 0) is 13.6 Å². The Balaban J connectivity index is 1.91. The molecule has 0 aromatic carbocycles. The van der Waals surface area contributed by atoms with Gasteiger partial charge in [-0.2, -0.15) is 4.98 Å². The van der Waals surface area contributed by atoms with Gasteiger partial charge in [0.05, 0.1) is 19.0 Å². The van der Waals surface area contributed by atoms with E-state index in [9.17, 15) is 4.79 Å². The Morgan fingerprint density at radius 3 is 2.33 bits per heavy atom. The molecule has 3 N–H and O–H groups in total. The molecule has 0 spiro atoms. The molecular weight excluding hydrogens is 454 g/mol. The maximum absolute atomic E-state index is 12.2. The van der Waals surface area contributed by atoms with Gasteiger partial charge in [0.15, 0.2) is 27.8 Å². The fourth-order valence-corrected chi connectivity index (χ4v) is 5.73. The van der Waals surface area contributed by atoms with Crippen molar-refractivity contribution in [2.45, 2.75) is 103 Å². The van der Waals surface area contributed by atoms with E-state index in [0.29, 0.717) is 18.7 Å². The van der Waals surface area contributed by atoms with Gasteiger partial charge in [0.1, 0.15) is 12.3 Å². The third kappa shape index (κ3) is 5.27. The molecule has 0 bridgehead atoms. The summed E-state index contributed by atoms with van der Waals surface area (Å²) < 4.78 is 21.6. The zero-order valence-corrected chi connectivity index (χ0v) is 23.8. The highest BCUT2D eigenvalue weighted by atomic mass is 28.4. The van der Waals surface area contributed by atoms with Crippen LogP contribution >= 0.6 is 0 Å². The Labute approximate surface area is 198 Å². The Morgan fingerprint density at radius 1 is 1.15 bits per heavy atom. The number of anilines is 1. The van der Waals surface area contributed by atoms with E-state index in [-0.39, 0.29) is 45.5 Å². The van der Waals surface area contributed by atoms with Crippen molar-refractivity contribution in [2.75, 3.05) is 12.3 Å². The molecule has 0 aliphatic carbocycles. The number of nitrogens with zero attached hydrogens (tertiary/aromatic N) is 3. The van der Waals surface area contributed by atoms with Gasteiger partial charge in [-0.05, 0) is 36.3 Å². The topological polar surface area (TPSA) is 117 Å². The summed E-state index contributed by atoms with van der Waals surface area (Å²) in [5.74, 6) is 0.0548. The van der Waals surface area contributed by atoms with Crippen molar-refractivity contribution in [3.8, 4) is 0 Å². The van der Waals surface area contributed by atoms with E-state index in [4.69, 9.17) is 19.3 Å². The maximum atomic E-state index is 12.2. The first-order valence-corrected chi connectivity index (χ1v) is 17.4. The number of nitrogen functional groups attached to an aromatic ring is 1. The number of imidazole rings is 1. The summed E-state index contributed by atoms with van der Waals surface area (Å²) >= 11 is 0. The van der Waals surface area contributed by atoms with Gasteiger partial charge in [0.25, 0.3) is 5.56 Å². The van der Waals surface area contributed by atoms with Crippen molar-refractivity contribution in [2.24, 2.45) is 0 Å². The number of nitrogens with two attached hydrogens (primary N) is 1. The predicted molar refractivity (Wildman–Crippen MR) is 136 cm³/mol. The Hall–Kier alpha value is -1.54. The Morgan fingerprint density at radius 2 is 1.76 bits per heavy atom. The molecule has 0 saturated carbocycles. The van der Waals surface area contributed by atoms with Crippen LogP contribution in [0.2, 0.25) is 36.3 Å². The van der Waals surface area contributed by atoms with Crippen molar-refractivity contribution in [1.29, 1.82) is 0 Å². The largest absolute Gasteiger partial charge is 0.414 e. The lowest BCUT2D eigenvalue weighted by Gasteiger charge is -2.40. The van der Waals surface area contributed by atoms with E-state index < -0.39 is 16.6 Å². The fourth-order valence-electron chi connectivity index (χ4n) is 3.36. The van der Waals surface area contributed by atoms with Crippen molar-refractivity contribution < 1.29 is 13.6 Å². The summed E-state index contributed by atoms with van der Waals surface area (Å²) in [6.07, 6.45) is 1.49. The molecule has 0 unspecified atom stereocenters. The van der Waals surface area contributed by atoms with E-state index in [2.05, 4.69) is 82.7 Å². The normalized spacial score (nSPS) is 22.9. The van der Waals surface area contributed by atoms with Gasteiger partial charge in [0.2, 0.25) is 5.95 Å². The van der Waals surface area contributed by atoms with Crippen LogP contribution < -0.4 is 11.3 Å². The van der Waals surface area contributed by atoms with Gasteiger partial charge in [-0.1, -0.05) is 41.5 Å². The lowest BCUT2D eigenvalue weighted by atomic mass is 10.2. The van der Waals surface area contributed by atoms with Crippen LogP contribution in [-0.4, -0.2) is 55.0 Å². The molecule has 1 fully saturated rings. The molecule has 1 aliphatic rings. The molecule has 1 aliphatic heterocycles. The van der Waals surface area contributed by atoms with Gasteiger partial charge in [-0.15, -0.1) is 0 Å². The van der Waals surface area contributed by atoms with Crippen LogP contribution in [0.5, 0.6) is 0 Å². The first kappa shape index (κ1) is 26.1. The van der Waals surface area contributed by atoms with Crippen molar-refractivity contribution in [1.82, 2.24) is 19.5 Å². The van der Waals surface area contributed by atoms with Gasteiger partial charge in [-0.3, -0.25) is 14.3 Å². The molecule has 3 rings (SSSR count). The minimum Gasteiger partial charge on any atom is -0.414 e. The second-order valence-corrected chi connectivity index (χ2v) is 21.7. The quantitative estimate of drug-likeness (QED) is 0.570. The monoisotopic (exact) mass is 495 g/mol. The number of ether oxygens (including phenoxy) is 1. The van der Waals surface area contributed by atoms with Crippen molar-refractivity contribution in [3.63, 3.8) is 0 Å². The highest BCUT2D eigenvalue weighted by Crippen LogP contribution is 2.42. The van der Waals surface area contributed by atoms with Gasteiger partial charge >= 0.3 is 0 Å². The highest BCUT2D eigenvalue weighted by molar-refractivity contribution is 6.74. The lowest BCUT2D eigenvalue weighted by Crippen LogP contribution is -2.48. The van der Waals surface area contributed by atoms with E-state index in [0.717, 1.165) is 0 Å². The van der Waals surface area contributed by atoms with E-state index >= 15 is 0 Å². The molecule has 186 valence electrons. The predicted octanol–water partition coefficient (Wildman–Crippen LogP) is 4.40. The minimum atomic E-state index is -2.05. The number of nitrogens with one attached hydrogen (secondary N) is 1. The molecule has 1 saturated heterocycles. The van der Waals surface area contributed by atoms with Crippen LogP contribution in [0.4, 0.5) is 5.95 Å². The van der Waals surface area contributed by atoms with Crippen LogP contribution in [0.25, 0.3) is 11.2 Å². The smallest absolute Gasteiger partial charge is 0.280 e. The molecule has 3 atom stereocenters. The van der Waals surface area contributed by atoms with Gasteiger partial charge in [-0.25, -0.2) is 4.98 Å². The van der Waals surface area contributed by atoms with Crippen LogP contribution in [0.15, 0.2) is 11.1 Å². The highest BCUT2D eigenvalue weighted by Gasteiger charge is 2.46. The third-order valence-electron chi connectivity index (χ3n) is 7.61. The van der Waals surface area contributed by atoms with Crippen LogP contribution in [0.3, 0.4) is 0 Å². The minimum absolute atomic E-state index is 0.0548. The summed E-state index contributed by atoms with van der Waals surface area (Å²) in [6.45, 7) is 22.8. The Kier molecular flexibility index (Phi) is 6.79. The van der Waals surface area contributed by atoms with E-state index in [1.165, 1.54) is 0 Å². The van der Waals surface area contributed by atoms with E-state index in [1.807, 2.05) is 0 Å². The molecule has 11 heteroatoms. The number of hydrogen-bond acceptors (Lipinski definition) is 7. The first-order valence-electron chi connectivity index (χ1n) is 11.6. The molecule has 2 aromatic heterocycles. The average molecular weight is 496 g/mol. The zero-order chi connectivity index (χ0) is 25.0. The second kappa shape index (κ2) is 8.60. The second-order valence-electron chi connectivity index (χ2n) is 12.1. The van der Waals surface area contributed by atoms with Crippen LogP contribution in [0, 0.1) is 0 Å². The Bertz CT molecular complexity index is 1050. The molecule has 33 heavy (non-hydrogen) atoms. The third-order valence-corrected chi connectivity index (χ3v) is 16.6. The molecule has 3 heterocycles. The summed E-state index contributed by atoms with van der Waals surface area (Å²) in [4.78, 5) is 23.3. The molecule has 0 radical (unpaired) electrons. The fraction of sp³-hybridized carbons (Fsp3) is 0.773. The summed E-state index contributed by atoms with van der Waals surface area (Å²) in [5, 5.41) is 0.171. The lowest BCUT2D eigenvalue weighted by molar-refractivity contribution is -0.0383. The zero-order valence-electron chi connectivity index (χ0n) is 21.8.